The molecule has 0 spiro atoms. The second-order valence-corrected chi connectivity index (χ2v) is 7.72. The summed E-state index contributed by atoms with van der Waals surface area (Å²) in [6, 6.07) is 7.65. The van der Waals surface area contributed by atoms with Crippen molar-refractivity contribution in [1.82, 2.24) is 10.6 Å². The Morgan fingerprint density at radius 2 is 1.83 bits per heavy atom. The minimum absolute atomic E-state index is 0. The van der Waals surface area contributed by atoms with Gasteiger partial charge in [0.15, 0.2) is 15.8 Å². The number of hydrogen-bond acceptors (Lipinski definition) is 4. The highest BCUT2D eigenvalue weighted by Crippen LogP contribution is 2.08. The van der Waals surface area contributed by atoms with Crippen LogP contribution < -0.4 is 10.6 Å². The van der Waals surface area contributed by atoms with Crippen LogP contribution in [0.3, 0.4) is 0 Å². The predicted molar refractivity (Wildman–Crippen MR) is 110 cm³/mol. The van der Waals surface area contributed by atoms with Crippen LogP contribution in [0.15, 0.2) is 29.3 Å². The third-order valence-electron chi connectivity index (χ3n) is 3.02. The Hall–Kier alpha value is -0.870. The summed E-state index contributed by atoms with van der Waals surface area (Å²) in [5.41, 5.74) is 1.82. The van der Waals surface area contributed by atoms with Gasteiger partial charge < -0.3 is 15.4 Å². The molecule has 0 saturated heterocycles. The first-order valence-electron chi connectivity index (χ1n) is 7.63. The van der Waals surface area contributed by atoms with Crippen LogP contribution in [0.2, 0.25) is 0 Å². The van der Waals surface area contributed by atoms with Gasteiger partial charge in [-0.2, -0.15) is 0 Å². The van der Waals surface area contributed by atoms with Crippen molar-refractivity contribution in [2.45, 2.75) is 32.2 Å². The summed E-state index contributed by atoms with van der Waals surface area (Å²) >= 11 is 0. The predicted octanol–water partition coefficient (Wildman–Crippen LogP) is 1.94. The van der Waals surface area contributed by atoms with Gasteiger partial charge in [0.05, 0.1) is 18.9 Å². The molecule has 0 saturated carbocycles. The number of methoxy groups -OCH3 is 1. The molecule has 0 fully saturated rings. The molecule has 0 bridgehead atoms. The molecule has 2 N–H and O–H groups in total. The number of ether oxygens (including phenoxy) is 1. The van der Waals surface area contributed by atoms with Crippen LogP contribution in [0.4, 0.5) is 0 Å². The topological polar surface area (TPSA) is 79.8 Å². The third-order valence-corrected chi connectivity index (χ3v) is 3.87. The first kappa shape index (κ1) is 23.1. The van der Waals surface area contributed by atoms with Gasteiger partial charge in [-0.05, 0) is 25.0 Å². The zero-order valence-corrected chi connectivity index (χ0v) is 17.9. The Balaban J connectivity index is 0.00000529. The Morgan fingerprint density at radius 1 is 1.25 bits per heavy atom. The number of rotatable bonds is 8. The van der Waals surface area contributed by atoms with E-state index in [0.29, 0.717) is 13.2 Å². The highest BCUT2D eigenvalue weighted by molar-refractivity contribution is 14.0. The van der Waals surface area contributed by atoms with E-state index in [-0.39, 0.29) is 35.8 Å². The van der Waals surface area contributed by atoms with Crippen LogP contribution in [0.1, 0.15) is 25.0 Å². The van der Waals surface area contributed by atoms with Gasteiger partial charge in [0.2, 0.25) is 0 Å². The van der Waals surface area contributed by atoms with Crippen molar-refractivity contribution >= 4 is 39.8 Å². The molecule has 1 aromatic carbocycles. The van der Waals surface area contributed by atoms with Crippen LogP contribution in [0.25, 0.3) is 0 Å². The molecule has 1 aromatic rings. The molecule has 0 radical (unpaired) electrons. The van der Waals surface area contributed by atoms with Crippen molar-refractivity contribution in [3.05, 3.63) is 35.4 Å². The largest absolute Gasteiger partial charge is 0.383 e. The van der Waals surface area contributed by atoms with Gasteiger partial charge in [0.1, 0.15) is 0 Å². The zero-order valence-electron chi connectivity index (χ0n) is 14.7. The number of aliphatic imine (C=N–C) groups is 1. The van der Waals surface area contributed by atoms with Crippen molar-refractivity contribution in [3.63, 3.8) is 0 Å². The number of guanidine groups is 1. The maximum absolute atomic E-state index is 11.3. The summed E-state index contributed by atoms with van der Waals surface area (Å²) in [4.78, 5) is 4.53. The summed E-state index contributed by atoms with van der Waals surface area (Å²) in [7, 11) is -1.33. The van der Waals surface area contributed by atoms with Crippen LogP contribution in [-0.4, -0.2) is 46.9 Å². The van der Waals surface area contributed by atoms with E-state index in [9.17, 15) is 8.42 Å². The first-order chi connectivity index (χ1) is 10.8. The van der Waals surface area contributed by atoms with Crippen LogP contribution in [-0.2, 0) is 26.9 Å². The molecule has 1 rings (SSSR count). The maximum Gasteiger partial charge on any atom is 0.191 e. The average molecular weight is 469 g/mol. The van der Waals surface area contributed by atoms with E-state index in [2.05, 4.69) is 15.6 Å². The minimum Gasteiger partial charge on any atom is -0.383 e. The summed E-state index contributed by atoms with van der Waals surface area (Å²) < 4.78 is 27.7. The minimum atomic E-state index is -3.00. The van der Waals surface area contributed by atoms with E-state index in [0.717, 1.165) is 23.6 Å². The molecule has 0 aliphatic carbocycles. The molecular formula is C16H28IN3O3S. The van der Waals surface area contributed by atoms with Crippen molar-refractivity contribution < 1.29 is 13.2 Å². The molecule has 1 unspecified atom stereocenters. The molecule has 138 valence electrons. The molecule has 0 heterocycles. The average Bonchev–Trinajstić information content (AvgIpc) is 2.45. The molecule has 1 atom stereocenters. The number of halogens is 1. The lowest BCUT2D eigenvalue weighted by molar-refractivity contribution is 0.179. The van der Waals surface area contributed by atoms with E-state index >= 15 is 0 Å². The highest BCUT2D eigenvalue weighted by Gasteiger charge is 2.06. The van der Waals surface area contributed by atoms with Crippen LogP contribution in [0.5, 0.6) is 0 Å². The fourth-order valence-corrected chi connectivity index (χ4v) is 2.86. The Morgan fingerprint density at radius 3 is 2.33 bits per heavy atom. The molecule has 0 amide bonds. The van der Waals surface area contributed by atoms with Crippen molar-refractivity contribution in [3.8, 4) is 0 Å². The van der Waals surface area contributed by atoms with Gasteiger partial charge in [-0.25, -0.2) is 13.4 Å². The SMILES string of the molecule is CCNC(=NCc1ccc(CS(C)(=O)=O)cc1)NC(C)COC.I. The van der Waals surface area contributed by atoms with Gasteiger partial charge >= 0.3 is 0 Å². The van der Waals surface area contributed by atoms with Crippen molar-refractivity contribution in [2.75, 3.05) is 26.5 Å². The molecule has 6 nitrogen and oxygen atoms in total. The van der Waals surface area contributed by atoms with Crippen molar-refractivity contribution in [2.24, 2.45) is 4.99 Å². The lowest BCUT2D eigenvalue weighted by atomic mass is 10.1. The fraction of sp³-hybridized carbons (Fsp3) is 0.562. The van der Waals surface area contributed by atoms with Crippen molar-refractivity contribution in [1.29, 1.82) is 0 Å². The summed E-state index contributed by atoms with van der Waals surface area (Å²) in [5, 5.41) is 6.45. The van der Waals surface area contributed by atoms with Gasteiger partial charge in [-0.15, -0.1) is 24.0 Å². The number of nitrogens with zero attached hydrogens (tertiary/aromatic N) is 1. The number of nitrogens with one attached hydrogen (secondary N) is 2. The second kappa shape index (κ2) is 11.6. The van der Waals surface area contributed by atoms with Gasteiger partial charge in [-0.3, -0.25) is 0 Å². The molecule has 8 heteroatoms. The standard InChI is InChI=1S/C16H27N3O3S.HI/c1-5-17-16(19-13(2)11-22-3)18-10-14-6-8-15(9-7-14)12-23(4,20)21;/h6-9,13H,5,10-12H2,1-4H3,(H2,17,18,19);1H. The normalized spacial score (nSPS) is 13.1. The smallest absolute Gasteiger partial charge is 0.191 e. The molecular weight excluding hydrogens is 441 g/mol. The van der Waals surface area contributed by atoms with E-state index < -0.39 is 9.84 Å². The molecule has 0 aromatic heterocycles. The van der Waals surface area contributed by atoms with Gasteiger partial charge in [-0.1, -0.05) is 24.3 Å². The summed E-state index contributed by atoms with van der Waals surface area (Å²) in [5.74, 6) is 0.798. The monoisotopic (exact) mass is 469 g/mol. The first-order valence-corrected chi connectivity index (χ1v) is 9.69. The Labute approximate surface area is 162 Å². The molecule has 0 aliphatic rings. The molecule has 0 aliphatic heterocycles. The van der Waals surface area contributed by atoms with E-state index in [1.807, 2.05) is 38.1 Å². The second-order valence-electron chi connectivity index (χ2n) is 5.58. The van der Waals surface area contributed by atoms with E-state index in [4.69, 9.17) is 4.74 Å². The Kier molecular flexibility index (Phi) is 11.2. The molecule has 24 heavy (non-hydrogen) atoms. The zero-order chi connectivity index (χ0) is 17.3. The van der Waals surface area contributed by atoms with Gasteiger partial charge in [0, 0.05) is 26.0 Å². The van der Waals surface area contributed by atoms with Gasteiger partial charge in [0.25, 0.3) is 0 Å². The van der Waals surface area contributed by atoms with E-state index in [1.54, 1.807) is 7.11 Å². The maximum atomic E-state index is 11.3. The van der Waals surface area contributed by atoms with Crippen LogP contribution in [0, 0.1) is 0 Å². The fourth-order valence-electron chi connectivity index (χ4n) is 2.06. The summed E-state index contributed by atoms with van der Waals surface area (Å²) in [6.07, 6.45) is 1.24. The summed E-state index contributed by atoms with van der Waals surface area (Å²) in [6.45, 7) is 5.94. The number of benzene rings is 1. The number of sulfone groups is 1. The lowest BCUT2D eigenvalue weighted by Gasteiger charge is -2.17. The number of hydrogen-bond donors (Lipinski definition) is 2. The lowest BCUT2D eigenvalue weighted by Crippen LogP contribution is -2.43. The Bertz CT molecular complexity index is 603. The quantitative estimate of drug-likeness (QED) is 0.346. The third kappa shape index (κ3) is 10.1. The van der Waals surface area contributed by atoms with E-state index in [1.165, 1.54) is 6.26 Å². The highest BCUT2D eigenvalue weighted by atomic mass is 127. The van der Waals surface area contributed by atoms with Crippen LogP contribution >= 0.6 is 24.0 Å².